The Morgan fingerprint density at radius 1 is 1.24 bits per heavy atom. The standard InChI is InChI=1S/C13H19ClN2O3S2/c1-12-2-4-13(5-3-12)21(18,19)15-20(17)10-8-16(7-6-14)9-11-20/h2-5H,6-11H2,1H3. The summed E-state index contributed by atoms with van der Waals surface area (Å²) in [7, 11) is -6.57. The maximum absolute atomic E-state index is 12.6. The molecule has 0 unspecified atom stereocenters. The van der Waals surface area contributed by atoms with Gasteiger partial charge in [0.25, 0.3) is 10.0 Å². The zero-order valence-electron chi connectivity index (χ0n) is 11.9. The molecule has 0 aromatic heterocycles. The first kappa shape index (κ1) is 16.7. The monoisotopic (exact) mass is 350 g/mol. The van der Waals surface area contributed by atoms with Crippen LogP contribution in [-0.2, 0) is 19.8 Å². The van der Waals surface area contributed by atoms with E-state index in [4.69, 9.17) is 11.6 Å². The molecule has 1 aliphatic rings. The van der Waals surface area contributed by atoms with Crippen molar-refractivity contribution in [3.63, 3.8) is 0 Å². The quantitative estimate of drug-likeness (QED) is 0.775. The second-order valence-corrected chi connectivity index (χ2v) is 9.83. The van der Waals surface area contributed by atoms with Crippen LogP contribution in [0.25, 0.3) is 0 Å². The van der Waals surface area contributed by atoms with Gasteiger partial charge < -0.3 is 4.90 Å². The molecule has 1 fully saturated rings. The van der Waals surface area contributed by atoms with Crippen LogP contribution in [-0.4, -0.2) is 54.5 Å². The maximum atomic E-state index is 12.6. The van der Waals surface area contributed by atoms with Gasteiger partial charge in [0, 0.05) is 37.0 Å². The van der Waals surface area contributed by atoms with Crippen molar-refractivity contribution in [1.29, 1.82) is 0 Å². The first-order valence-corrected chi connectivity index (χ1v) is 10.5. The Hall–Kier alpha value is -0.630. The molecular formula is C13H19ClN2O3S2. The van der Waals surface area contributed by atoms with Crippen LogP contribution in [0, 0.1) is 6.92 Å². The molecule has 0 bridgehead atoms. The molecule has 21 heavy (non-hydrogen) atoms. The van der Waals surface area contributed by atoms with E-state index in [9.17, 15) is 12.6 Å². The second-order valence-electron chi connectivity index (χ2n) is 5.07. The fourth-order valence-electron chi connectivity index (χ4n) is 2.11. The molecule has 0 radical (unpaired) electrons. The molecule has 2 rings (SSSR count). The summed E-state index contributed by atoms with van der Waals surface area (Å²) < 4.78 is 40.8. The summed E-state index contributed by atoms with van der Waals surface area (Å²) in [5, 5.41) is 0. The Morgan fingerprint density at radius 2 is 1.81 bits per heavy atom. The molecule has 1 saturated heterocycles. The van der Waals surface area contributed by atoms with Gasteiger partial charge in [-0.05, 0) is 19.1 Å². The molecule has 1 heterocycles. The molecule has 0 spiro atoms. The molecule has 1 aromatic carbocycles. The number of benzene rings is 1. The summed E-state index contributed by atoms with van der Waals surface area (Å²) in [6, 6.07) is 6.41. The maximum Gasteiger partial charge on any atom is 0.290 e. The Bertz CT molecular complexity index is 693. The Labute approximate surface area is 131 Å². The van der Waals surface area contributed by atoms with Gasteiger partial charge in [-0.25, -0.2) is 4.21 Å². The van der Waals surface area contributed by atoms with E-state index in [2.05, 4.69) is 8.67 Å². The van der Waals surface area contributed by atoms with Crippen molar-refractivity contribution in [2.45, 2.75) is 11.8 Å². The van der Waals surface area contributed by atoms with Crippen molar-refractivity contribution in [2.75, 3.05) is 37.0 Å². The van der Waals surface area contributed by atoms with E-state index < -0.39 is 19.8 Å². The van der Waals surface area contributed by atoms with E-state index in [-0.39, 0.29) is 16.4 Å². The van der Waals surface area contributed by atoms with Crippen LogP contribution in [0.15, 0.2) is 32.9 Å². The Kier molecular flexibility index (Phi) is 5.29. The molecule has 0 amide bonds. The number of rotatable bonds is 4. The highest BCUT2D eigenvalue weighted by Gasteiger charge is 2.24. The van der Waals surface area contributed by atoms with Gasteiger partial charge in [0.05, 0.1) is 14.6 Å². The molecule has 5 nitrogen and oxygen atoms in total. The van der Waals surface area contributed by atoms with Crippen LogP contribution < -0.4 is 0 Å². The van der Waals surface area contributed by atoms with E-state index in [1.54, 1.807) is 12.1 Å². The van der Waals surface area contributed by atoms with E-state index in [0.29, 0.717) is 19.0 Å². The summed E-state index contributed by atoms with van der Waals surface area (Å²) in [5.41, 5.74) is 0.965. The molecule has 1 aromatic rings. The third-order valence-corrected chi connectivity index (χ3v) is 7.96. The lowest BCUT2D eigenvalue weighted by Gasteiger charge is -2.27. The fourth-order valence-corrected chi connectivity index (χ4v) is 6.49. The molecular weight excluding hydrogens is 332 g/mol. The van der Waals surface area contributed by atoms with Gasteiger partial charge in [-0.1, -0.05) is 17.7 Å². The molecule has 118 valence electrons. The summed E-state index contributed by atoms with van der Waals surface area (Å²) in [4.78, 5) is 2.17. The van der Waals surface area contributed by atoms with Crippen molar-refractivity contribution in [3.05, 3.63) is 29.8 Å². The Balaban J connectivity index is 2.22. The number of aryl methyl sites for hydroxylation is 1. The van der Waals surface area contributed by atoms with Crippen molar-refractivity contribution >= 4 is 31.4 Å². The highest BCUT2D eigenvalue weighted by molar-refractivity contribution is 8.03. The highest BCUT2D eigenvalue weighted by atomic mass is 35.5. The van der Waals surface area contributed by atoms with Crippen LogP contribution >= 0.6 is 11.6 Å². The van der Waals surface area contributed by atoms with Crippen LogP contribution in [0.4, 0.5) is 0 Å². The predicted molar refractivity (Wildman–Crippen MR) is 85.8 cm³/mol. The van der Waals surface area contributed by atoms with Gasteiger partial charge in [0.1, 0.15) is 0 Å². The SMILES string of the molecule is Cc1ccc(S(=O)(=O)N=S2(=O)CCN(CCCl)CC2)cc1. The topological polar surface area (TPSA) is 66.8 Å². The summed E-state index contributed by atoms with van der Waals surface area (Å²) in [6.45, 7) is 3.74. The van der Waals surface area contributed by atoms with Crippen LogP contribution in [0.5, 0.6) is 0 Å². The normalized spacial score (nSPS) is 19.3. The van der Waals surface area contributed by atoms with Gasteiger partial charge >= 0.3 is 0 Å². The number of hydrogen-bond donors (Lipinski definition) is 0. The minimum Gasteiger partial charge on any atom is -0.300 e. The smallest absolute Gasteiger partial charge is 0.290 e. The molecule has 0 N–H and O–H groups in total. The lowest BCUT2D eigenvalue weighted by molar-refractivity contribution is 0.317. The largest absolute Gasteiger partial charge is 0.300 e. The molecule has 0 aliphatic carbocycles. The van der Waals surface area contributed by atoms with Gasteiger partial charge in [-0.2, -0.15) is 8.42 Å². The highest BCUT2D eigenvalue weighted by Crippen LogP contribution is 2.17. The fraction of sp³-hybridized carbons (Fsp3) is 0.538. The third-order valence-electron chi connectivity index (χ3n) is 3.41. The van der Waals surface area contributed by atoms with E-state index >= 15 is 0 Å². The zero-order chi connectivity index (χ0) is 15.5. The molecule has 1 aliphatic heterocycles. The van der Waals surface area contributed by atoms with E-state index in [1.807, 2.05) is 6.92 Å². The second kappa shape index (κ2) is 6.64. The van der Waals surface area contributed by atoms with Crippen molar-refractivity contribution < 1.29 is 12.6 Å². The number of alkyl halides is 1. The first-order valence-electron chi connectivity index (χ1n) is 6.68. The number of sulfonamides is 1. The first-order chi connectivity index (χ1) is 9.85. The van der Waals surface area contributed by atoms with Gasteiger partial charge in [-0.15, -0.1) is 15.4 Å². The van der Waals surface area contributed by atoms with E-state index in [1.165, 1.54) is 12.1 Å². The summed E-state index contributed by atoms with van der Waals surface area (Å²) in [6.07, 6.45) is 0. The number of nitrogens with zero attached hydrogens (tertiary/aromatic N) is 2. The molecule has 8 heteroatoms. The van der Waals surface area contributed by atoms with E-state index in [0.717, 1.165) is 12.1 Å². The number of hydrogen-bond acceptors (Lipinski definition) is 4. The van der Waals surface area contributed by atoms with Crippen molar-refractivity contribution in [2.24, 2.45) is 3.77 Å². The minimum atomic E-state index is -3.86. The molecule has 0 atom stereocenters. The van der Waals surface area contributed by atoms with Crippen molar-refractivity contribution in [3.8, 4) is 0 Å². The lowest BCUT2D eigenvalue weighted by Crippen LogP contribution is -2.41. The third kappa shape index (κ3) is 4.42. The van der Waals surface area contributed by atoms with Crippen LogP contribution in [0.2, 0.25) is 0 Å². The van der Waals surface area contributed by atoms with Gasteiger partial charge in [0.2, 0.25) is 0 Å². The minimum absolute atomic E-state index is 0.0963. The summed E-state index contributed by atoms with van der Waals surface area (Å²) in [5.74, 6) is 1.06. The van der Waals surface area contributed by atoms with Crippen LogP contribution in [0.3, 0.4) is 0 Å². The average molecular weight is 351 g/mol. The predicted octanol–water partition coefficient (Wildman–Crippen LogP) is 1.71. The number of halogens is 1. The molecule has 0 saturated carbocycles. The van der Waals surface area contributed by atoms with Gasteiger partial charge in [0.15, 0.2) is 0 Å². The van der Waals surface area contributed by atoms with Crippen molar-refractivity contribution in [1.82, 2.24) is 4.90 Å². The zero-order valence-corrected chi connectivity index (χ0v) is 14.3. The van der Waals surface area contributed by atoms with Gasteiger partial charge in [-0.3, -0.25) is 0 Å². The van der Waals surface area contributed by atoms with Crippen LogP contribution in [0.1, 0.15) is 5.56 Å². The Morgan fingerprint density at radius 3 is 2.33 bits per heavy atom. The average Bonchev–Trinajstić information content (AvgIpc) is 2.42. The lowest BCUT2D eigenvalue weighted by atomic mass is 10.2. The summed E-state index contributed by atoms with van der Waals surface area (Å²) >= 11 is 5.67.